The zero-order chi connectivity index (χ0) is 19.3. The fourth-order valence-corrected chi connectivity index (χ4v) is 2.81. The molecule has 26 heavy (non-hydrogen) atoms. The highest BCUT2D eigenvalue weighted by molar-refractivity contribution is 7.92. The maximum Gasteiger partial charge on any atom is 0.259 e. The molecule has 0 fully saturated rings. The van der Waals surface area contributed by atoms with Crippen molar-refractivity contribution in [2.45, 2.75) is 0 Å². The van der Waals surface area contributed by atoms with E-state index in [0.717, 1.165) is 6.26 Å². The van der Waals surface area contributed by atoms with Gasteiger partial charge in [0.1, 0.15) is 17.2 Å². The molecule has 0 saturated heterocycles. The second kappa shape index (κ2) is 7.96. The van der Waals surface area contributed by atoms with Gasteiger partial charge in [-0.3, -0.25) is 9.52 Å². The first-order chi connectivity index (χ1) is 12.3. The van der Waals surface area contributed by atoms with Crippen LogP contribution in [-0.2, 0) is 10.0 Å². The van der Waals surface area contributed by atoms with Gasteiger partial charge >= 0.3 is 0 Å². The molecule has 0 aromatic heterocycles. The Bertz CT molecular complexity index is 911. The van der Waals surface area contributed by atoms with Gasteiger partial charge in [-0.25, -0.2) is 8.42 Å². The molecule has 0 radical (unpaired) electrons. The zero-order valence-corrected chi connectivity index (χ0v) is 15.6. The number of carbonyl (C=O) groups excluding carboxylic acids is 1. The minimum Gasteiger partial charge on any atom is -0.497 e. The van der Waals surface area contributed by atoms with Crippen molar-refractivity contribution < 1.29 is 27.4 Å². The molecule has 2 aromatic carbocycles. The molecule has 0 atom stereocenters. The highest BCUT2D eigenvalue weighted by Crippen LogP contribution is 2.30. The van der Waals surface area contributed by atoms with Gasteiger partial charge in [0.25, 0.3) is 5.91 Å². The van der Waals surface area contributed by atoms with Crippen LogP contribution in [-0.4, -0.2) is 41.9 Å². The Hall–Kier alpha value is -2.94. The number of nitrogens with one attached hydrogen (secondary N) is 2. The largest absolute Gasteiger partial charge is 0.497 e. The summed E-state index contributed by atoms with van der Waals surface area (Å²) in [5, 5.41) is 2.72. The summed E-state index contributed by atoms with van der Waals surface area (Å²) < 4.78 is 40.6. The summed E-state index contributed by atoms with van der Waals surface area (Å²) in [6.45, 7) is 0. The fourth-order valence-electron chi connectivity index (χ4n) is 2.24. The zero-order valence-electron chi connectivity index (χ0n) is 14.8. The van der Waals surface area contributed by atoms with E-state index in [4.69, 9.17) is 14.2 Å². The fraction of sp³-hybridized carbons (Fsp3) is 0.235. The van der Waals surface area contributed by atoms with E-state index < -0.39 is 15.9 Å². The average Bonchev–Trinajstić information content (AvgIpc) is 2.61. The first kappa shape index (κ1) is 19.4. The molecule has 9 heteroatoms. The third-order valence-corrected chi connectivity index (χ3v) is 4.00. The van der Waals surface area contributed by atoms with Crippen molar-refractivity contribution in [2.75, 3.05) is 37.6 Å². The number of hydrogen-bond acceptors (Lipinski definition) is 6. The number of hydrogen-bond donors (Lipinski definition) is 2. The molecule has 0 heterocycles. The number of methoxy groups -OCH3 is 3. The third-order valence-electron chi connectivity index (χ3n) is 3.41. The summed E-state index contributed by atoms with van der Waals surface area (Å²) in [6, 6.07) is 9.44. The van der Waals surface area contributed by atoms with Crippen LogP contribution in [0.2, 0.25) is 0 Å². The summed E-state index contributed by atoms with van der Waals surface area (Å²) >= 11 is 0. The third kappa shape index (κ3) is 4.79. The molecular formula is C17H20N2O6S. The van der Waals surface area contributed by atoms with E-state index in [1.807, 2.05) is 0 Å². The molecule has 0 aliphatic heterocycles. The molecule has 0 spiro atoms. The van der Waals surface area contributed by atoms with Gasteiger partial charge in [0, 0.05) is 11.8 Å². The number of benzene rings is 2. The first-order valence-electron chi connectivity index (χ1n) is 7.46. The van der Waals surface area contributed by atoms with Crippen LogP contribution in [0.5, 0.6) is 17.2 Å². The maximum atomic E-state index is 12.6. The number of amides is 1. The SMILES string of the molecule is COc1ccc(OC)c(C(=O)Nc2ccc(NS(C)(=O)=O)c(OC)c2)c1. The number of anilines is 2. The smallest absolute Gasteiger partial charge is 0.259 e. The minimum atomic E-state index is -3.45. The lowest BCUT2D eigenvalue weighted by Gasteiger charge is -2.13. The molecule has 0 aliphatic rings. The van der Waals surface area contributed by atoms with E-state index in [0.29, 0.717) is 22.7 Å². The highest BCUT2D eigenvalue weighted by atomic mass is 32.2. The van der Waals surface area contributed by atoms with Gasteiger partial charge < -0.3 is 19.5 Å². The van der Waals surface area contributed by atoms with Crippen LogP contribution in [0.3, 0.4) is 0 Å². The Morgan fingerprint density at radius 2 is 1.62 bits per heavy atom. The van der Waals surface area contributed by atoms with Gasteiger partial charge in [0.2, 0.25) is 10.0 Å². The van der Waals surface area contributed by atoms with Crippen LogP contribution in [0.1, 0.15) is 10.4 Å². The standard InChI is InChI=1S/C17H20N2O6S/c1-23-12-6-8-15(24-2)13(10-12)17(20)18-11-5-7-14(16(9-11)25-3)19-26(4,21)22/h5-10,19H,1-4H3,(H,18,20). The quantitative estimate of drug-likeness (QED) is 0.764. The first-order valence-corrected chi connectivity index (χ1v) is 9.35. The van der Waals surface area contributed by atoms with Crippen molar-refractivity contribution in [3.05, 3.63) is 42.0 Å². The maximum absolute atomic E-state index is 12.6. The molecule has 2 aromatic rings. The Balaban J connectivity index is 2.29. The van der Waals surface area contributed by atoms with Crippen molar-refractivity contribution in [2.24, 2.45) is 0 Å². The van der Waals surface area contributed by atoms with Gasteiger partial charge in [-0.05, 0) is 30.3 Å². The van der Waals surface area contributed by atoms with Crippen molar-refractivity contribution in [3.8, 4) is 17.2 Å². The summed E-state index contributed by atoms with van der Waals surface area (Å²) in [4.78, 5) is 12.6. The average molecular weight is 380 g/mol. The lowest BCUT2D eigenvalue weighted by Crippen LogP contribution is -2.14. The van der Waals surface area contributed by atoms with Gasteiger partial charge in [-0.1, -0.05) is 0 Å². The molecule has 140 valence electrons. The van der Waals surface area contributed by atoms with Crippen LogP contribution in [0.15, 0.2) is 36.4 Å². The Kier molecular flexibility index (Phi) is 5.93. The van der Waals surface area contributed by atoms with Gasteiger partial charge in [-0.2, -0.15) is 0 Å². The normalized spacial score (nSPS) is 10.8. The number of ether oxygens (including phenoxy) is 3. The van der Waals surface area contributed by atoms with Crippen LogP contribution in [0, 0.1) is 0 Å². The minimum absolute atomic E-state index is 0.269. The van der Waals surface area contributed by atoms with Gasteiger partial charge in [-0.15, -0.1) is 0 Å². The second-order valence-electron chi connectivity index (χ2n) is 5.31. The molecule has 8 nitrogen and oxygen atoms in total. The summed E-state index contributed by atoms with van der Waals surface area (Å²) in [7, 11) is 0.917. The van der Waals surface area contributed by atoms with E-state index in [-0.39, 0.29) is 11.4 Å². The van der Waals surface area contributed by atoms with Gasteiger partial charge in [0.15, 0.2) is 0 Å². The Morgan fingerprint density at radius 1 is 0.923 bits per heavy atom. The van der Waals surface area contributed by atoms with Crippen molar-refractivity contribution in [3.63, 3.8) is 0 Å². The van der Waals surface area contributed by atoms with E-state index >= 15 is 0 Å². The van der Waals surface area contributed by atoms with Crippen LogP contribution >= 0.6 is 0 Å². The molecule has 0 saturated carbocycles. The molecule has 0 aliphatic carbocycles. The molecule has 0 bridgehead atoms. The Morgan fingerprint density at radius 3 is 2.19 bits per heavy atom. The topological polar surface area (TPSA) is 103 Å². The summed E-state index contributed by atoms with van der Waals surface area (Å²) in [5.74, 6) is 0.768. The number of carbonyl (C=O) groups is 1. The monoisotopic (exact) mass is 380 g/mol. The predicted octanol–water partition coefficient (Wildman–Crippen LogP) is 2.34. The van der Waals surface area contributed by atoms with E-state index in [2.05, 4.69) is 10.0 Å². The van der Waals surface area contributed by atoms with Crippen LogP contribution in [0.25, 0.3) is 0 Å². The van der Waals surface area contributed by atoms with Crippen LogP contribution < -0.4 is 24.2 Å². The van der Waals surface area contributed by atoms with E-state index in [9.17, 15) is 13.2 Å². The molecule has 0 unspecified atom stereocenters. The number of sulfonamides is 1. The molecular weight excluding hydrogens is 360 g/mol. The lowest BCUT2D eigenvalue weighted by molar-refractivity contribution is 0.102. The van der Waals surface area contributed by atoms with E-state index in [1.54, 1.807) is 24.3 Å². The van der Waals surface area contributed by atoms with Crippen LogP contribution in [0.4, 0.5) is 11.4 Å². The summed E-state index contributed by atoms with van der Waals surface area (Å²) in [5.41, 5.74) is 0.992. The van der Waals surface area contributed by atoms with Gasteiger partial charge in [0.05, 0.1) is 38.8 Å². The number of rotatable bonds is 7. The van der Waals surface area contributed by atoms with Crippen molar-refractivity contribution >= 4 is 27.3 Å². The summed E-state index contributed by atoms with van der Waals surface area (Å²) in [6.07, 6.45) is 1.04. The van der Waals surface area contributed by atoms with Crippen molar-refractivity contribution in [1.29, 1.82) is 0 Å². The molecule has 1 amide bonds. The molecule has 2 rings (SSSR count). The highest BCUT2D eigenvalue weighted by Gasteiger charge is 2.15. The molecule has 2 N–H and O–H groups in total. The Labute approximate surface area is 152 Å². The lowest BCUT2D eigenvalue weighted by atomic mass is 10.1. The predicted molar refractivity (Wildman–Crippen MR) is 99.0 cm³/mol. The van der Waals surface area contributed by atoms with E-state index in [1.165, 1.54) is 33.5 Å². The van der Waals surface area contributed by atoms with Crippen molar-refractivity contribution in [1.82, 2.24) is 0 Å². The second-order valence-corrected chi connectivity index (χ2v) is 7.06.